The van der Waals surface area contributed by atoms with Crippen LogP contribution in [-0.2, 0) is 4.74 Å². The van der Waals surface area contributed by atoms with Gasteiger partial charge in [0.2, 0.25) is 0 Å². The topological polar surface area (TPSA) is 29.5 Å². The number of hydrogen-bond acceptors (Lipinski definition) is 2. The van der Waals surface area contributed by atoms with E-state index in [1.165, 1.54) is 32.1 Å². The van der Waals surface area contributed by atoms with Crippen LogP contribution in [0.2, 0.25) is 0 Å². The first kappa shape index (κ1) is 11.5. The number of hydrogen-bond donors (Lipinski definition) is 1. The molecule has 0 aliphatic carbocycles. The summed E-state index contributed by atoms with van der Waals surface area (Å²) in [6.07, 6.45) is 10.1. The van der Waals surface area contributed by atoms with Crippen LogP contribution in [0.1, 0.15) is 38.5 Å². The van der Waals surface area contributed by atoms with E-state index in [2.05, 4.69) is 0 Å². The molecule has 0 amide bonds. The fourth-order valence-electron chi connectivity index (χ4n) is 1.11. The Hall–Kier alpha value is -0.500. The van der Waals surface area contributed by atoms with Gasteiger partial charge in [-0.2, -0.15) is 0 Å². The average molecular weight is 172 g/mol. The maximum atomic E-state index is 8.34. The monoisotopic (exact) mass is 172 g/mol. The lowest BCUT2D eigenvalue weighted by atomic mass is 10.1. The van der Waals surface area contributed by atoms with E-state index in [0.29, 0.717) is 0 Å². The van der Waals surface area contributed by atoms with E-state index in [1.54, 1.807) is 13.2 Å². The minimum Gasteiger partial charge on any atom is -0.516 e. The second-order valence-corrected chi connectivity index (χ2v) is 2.93. The molecule has 0 spiro atoms. The lowest BCUT2D eigenvalue weighted by Gasteiger charge is -1.98. The molecule has 1 N–H and O–H groups in total. The minimum atomic E-state index is 0.885. The van der Waals surface area contributed by atoms with Crippen molar-refractivity contribution in [1.82, 2.24) is 0 Å². The summed E-state index contributed by atoms with van der Waals surface area (Å²) in [6, 6.07) is 0. The molecule has 0 saturated carbocycles. The molecule has 0 unspecified atom stereocenters. The molecule has 0 rings (SSSR count). The van der Waals surface area contributed by atoms with Crippen molar-refractivity contribution in [2.45, 2.75) is 38.5 Å². The fraction of sp³-hybridized carbons (Fsp3) is 0.800. The SMILES string of the molecule is COCCCCCCCC=CO. The highest BCUT2D eigenvalue weighted by Crippen LogP contribution is 2.05. The third-order valence-corrected chi connectivity index (χ3v) is 1.82. The largest absolute Gasteiger partial charge is 0.516 e. The normalized spacial score (nSPS) is 11.1. The summed E-state index contributed by atoms with van der Waals surface area (Å²) in [5.41, 5.74) is 0. The van der Waals surface area contributed by atoms with Gasteiger partial charge >= 0.3 is 0 Å². The van der Waals surface area contributed by atoms with Gasteiger partial charge in [0, 0.05) is 13.7 Å². The molecule has 0 saturated heterocycles. The van der Waals surface area contributed by atoms with Gasteiger partial charge in [0.05, 0.1) is 6.26 Å². The van der Waals surface area contributed by atoms with Gasteiger partial charge in [-0.05, 0) is 19.3 Å². The predicted molar refractivity (Wildman–Crippen MR) is 51.3 cm³/mol. The van der Waals surface area contributed by atoms with Crippen LogP contribution in [-0.4, -0.2) is 18.8 Å². The number of aliphatic hydroxyl groups is 1. The highest BCUT2D eigenvalue weighted by molar-refractivity contribution is 4.70. The lowest BCUT2D eigenvalue weighted by Crippen LogP contribution is -1.87. The minimum absolute atomic E-state index is 0.885. The molecular weight excluding hydrogens is 152 g/mol. The standard InChI is InChI=1S/C10H20O2/c1-12-10-8-6-4-2-3-5-7-9-11/h7,9,11H,2-6,8,10H2,1H3. The molecule has 12 heavy (non-hydrogen) atoms. The van der Waals surface area contributed by atoms with Crippen LogP contribution in [0.25, 0.3) is 0 Å². The van der Waals surface area contributed by atoms with Crippen molar-refractivity contribution < 1.29 is 9.84 Å². The first-order valence-electron chi connectivity index (χ1n) is 4.70. The smallest absolute Gasteiger partial charge is 0.0751 e. The van der Waals surface area contributed by atoms with Crippen molar-refractivity contribution in [1.29, 1.82) is 0 Å². The van der Waals surface area contributed by atoms with Gasteiger partial charge in [0.25, 0.3) is 0 Å². The van der Waals surface area contributed by atoms with Crippen LogP contribution >= 0.6 is 0 Å². The first-order chi connectivity index (χ1) is 5.91. The Morgan fingerprint density at radius 2 is 1.75 bits per heavy atom. The number of methoxy groups -OCH3 is 1. The molecule has 0 aliphatic rings. The number of unbranched alkanes of at least 4 members (excludes halogenated alkanes) is 5. The van der Waals surface area contributed by atoms with Crippen molar-refractivity contribution in [3.8, 4) is 0 Å². The van der Waals surface area contributed by atoms with E-state index in [9.17, 15) is 0 Å². The van der Waals surface area contributed by atoms with Gasteiger partial charge in [-0.1, -0.05) is 25.3 Å². The molecule has 0 aromatic carbocycles. The summed E-state index contributed by atoms with van der Waals surface area (Å²) >= 11 is 0. The van der Waals surface area contributed by atoms with E-state index < -0.39 is 0 Å². The van der Waals surface area contributed by atoms with E-state index >= 15 is 0 Å². The third kappa shape index (κ3) is 9.50. The van der Waals surface area contributed by atoms with Gasteiger partial charge in [-0.25, -0.2) is 0 Å². The highest BCUT2D eigenvalue weighted by Gasteiger charge is 1.88. The molecule has 0 aromatic rings. The maximum absolute atomic E-state index is 8.34. The van der Waals surface area contributed by atoms with E-state index in [1.807, 2.05) is 0 Å². The fourth-order valence-corrected chi connectivity index (χ4v) is 1.11. The molecule has 0 radical (unpaired) electrons. The second kappa shape index (κ2) is 10.5. The number of ether oxygens (including phenoxy) is 1. The zero-order valence-corrected chi connectivity index (χ0v) is 7.96. The van der Waals surface area contributed by atoms with Crippen molar-refractivity contribution in [2.75, 3.05) is 13.7 Å². The second-order valence-electron chi connectivity index (χ2n) is 2.93. The molecule has 2 heteroatoms. The summed E-state index contributed by atoms with van der Waals surface area (Å²) in [7, 11) is 1.74. The molecule has 0 aromatic heterocycles. The molecule has 0 fully saturated rings. The first-order valence-corrected chi connectivity index (χ1v) is 4.70. The maximum Gasteiger partial charge on any atom is 0.0751 e. The Balaban J connectivity index is 2.81. The Kier molecular flexibility index (Phi) is 10.1. The Labute approximate surface area is 75.2 Å². The van der Waals surface area contributed by atoms with Gasteiger partial charge in [0.15, 0.2) is 0 Å². The summed E-state index contributed by atoms with van der Waals surface area (Å²) in [5.74, 6) is 0. The van der Waals surface area contributed by atoms with Crippen LogP contribution < -0.4 is 0 Å². The van der Waals surface area contributed by atoms with Crippen molar-refractivity contribution in [2.24, 2.45) is 0 Å². The molecular formula is C10H20O2. The number of allylic oxidation sites excluding steroid dienone is 1. The zero-order valence-electron chi connectivity index (χ0n) is 7.96. The van der Waals surface area contributed by atoms with Crippen molar-refractivity contribution in [3.05, 3.63) is 12.3 Å². The predicted octanol–water partition coefficient (Wildman–Crippen LogP) is 3.05. The number of rotatable bonds is 8. The summed E-state index contributed by atoms with van der Waals surface area (Å²) < 4.78 is 4.94. The van der Waals surface area contributed by atoms with E-state index in [-0.39, 0.29) is 0 Å². The Morgan fingerprint density at radius 1 is 1.08 bits per heavy atom. The van der Waals surface area contributed by atoms with Crippen LogP contribution in [0.4, 0.5) is 0 Å². The van der Waals surface area contributed by atoms with E-state index in [4.69, 9.17) is 9.84 Å². The van der Waals surface area contributed by atoms with Gasteiger partial charge in [0.1, 0.15) is 0 Å². The van der Waals surface area contributed by atoms with E-state index in [0.717, 1.165) is 19.3 Å². The van der Waals surface area contributed by atoms with Crippen LogP contribution in [0.3, 0.4) is 0 Å². The Morgan fingerprint density at radius 3 is 2.42 bits per heavy atom. The molecule has 72 valence electrons. The molecule has 0 atom stereocenters. The quantitative estimate of drug-likeness (QED) is 0.450. The third-order valence-electron chi connectivity index (χ3n) is 1.82. The van der Waals surface area contributed by atoms with Gasteiger partial charge in [-0.15, -0.1) is 0 Å². The molecule has 0 heterocycles. The zero-order chi connectivity index (χ0) is 9.07. The lowest BCUT2D eigenvalue weighted by molar-refractivity contribution is 0.192. The van der Waals surface area contributed by atoms with Crippen molar-refractivity contribution >= 4 is 0 Å². The molecule has 2 nitrogen and oxygen atoms in total. The summed E-state index contributed by atoms with van der Waals surface area (Å²) in [5, 5.41) is 8.34. The Bertz CT molecular complexity index is 100. The molecule has 0 bridgehead atoms. The number of aliphatic hydroxyl groups excluding tert-OH is 1. The highest BCUT2D eigenvalue weighted by atomic mass is 16.5. The van der Waals surface area contributed by atoms with Crippen LogP contribution in [0.15, 0.2) is 12.3 Å². The van der Waals surface area contributed by atoms with Crippen LogP contribution in [0, 0.1) is 0 Å². The van der Waals surface area contributed by atoms with Crippen molar-refractivity contribution in [3.63, 3.8) is 0 Å². The summed E-state index contributed by atoms with van der Waals surface area (Å²) in [4.78, 5) is 0. The van der Waals surface area contributed by atoms with Gasteiger partial charge < -0.3 is 9.84 Å². The summed E-state index contributed by atoms with van der Waals surface area (Å²) in [6.45, 7) is 0.885. The van der Waals surface area contributed by atoms with Crippen LogP contribution in [0.5, 0.6) is 0 Å². The molecule has 0 aliphatic heterocycles. The average Bonchev–Trinajstić information content (AvgIpc) is 2.10. The van der Waals surface area contributed by atoms with Gasteiger partial charge in [-0.3, -0.25) is 0 Å².